The molecule has 0 unspecified atom stereocenters. The minimum atomic E-state index is 0. The third-order valence-electron chi connectivity index (χ3n) is 9.07. The van der Waals surface area contributed by atoms with Gasteiger partial charge in [-0.05, 0) is 60.1 Å². The molecule has 3 heterocycles. The molecule has 6 heteroatoms. The smallest absolute Gasteiger partial charge is 0.244 e. The van der Waals surface area contributed by atoms with Crippen molar-refractivity contribution in [3.05, 3.63) is 106 Å². The van der Waals surface area contributed by atoms with Crippen molar-refractivity contribution in [3.63, 3.8) is 0 Å². The Bertz CT molecular complexity index is 1250. The first-order valence-electron chi connectivity index (χ1n) is 17.0. The van der Waals surface area contributed by atoms with E-state index in [9.17, 15) is 0 Å². The molecule has 0 amide bonds. The summed E-state index contributed by atoms with van der Waals surface area (Å²) >= 11 is 0. The van der Waals surface area contributed by atoms with E-state index < -0.39 is 0 Å². The van der Waals surface area contributed by atoms with Crippen molar-refractivity contribution in [2.75, 3.05) is 0 Å². The van der Waals surface area contributed by atoms with Gasteiger partial charge in [-0.3, -0.25) is 0 Å². The highest BCUT2D eigenvalue weighted by Gasteiger charge is 2.25. The average molecular weight is 638 g/mol. The van der Waals surface area contributed by atoms with Crippen molar-refractivity contribution < 1.29 is 33.9 Å². The quantitative estimate of drug-likeness (QED) is 0.186. The monoisotopic (exact) mass is 636 g/mol. The maximum atomic E-state index is 2.58. The molecule has 0 atom stereocenters. The van der Waals surface area contributed by atoms with Gasteiger partial charge in [0.2, 0.25) is 12.7 Å². The molecule has 8 bridgehead atoms. The maximum absolute atomic E-state index is 2.58. The second kappa shape index (κ2) is 17.8. The van der Waals surface area contributed by atoms with Crippen molar-refractivity contribution >= 4 is 0 Å². The zero-order valence-electron chi connectivity index (χ0n) is 27.6. The van der Waals surface area contributed by atoms with Crippen LogP contribution in [0.2, 0.25) is 0 Å². The number of hydrogen-bond acceptors (Lipinski definition) is 0. The molecule has 2 aromatic carbocycles. The minimum Gasteiger partial charge on any atom is -1.00 e. The Morgan fingerprint density at radius 1 is 0.523 bits per heavy atom. The number of nitrogens with zero attached hydrogens (tertiary/aromatic N) is 4. The number of halogens is 2. The van der Waals surface area contributed by atoms with Crippen molar-refractivity contribution in [1.29, 1.82) is 0 Å². The van der Waals surface area contributed by atoms with Crippen LogP contribution in [0.25, 0.3) is 0 Å². The van der Waals surface area contributed by atoms with Crippen LogP contribution in [-0.4, -0.2) is 9.13 Å². The Morgan fingerprint density at radius 3 is 1.30 bits per heavy atom. The fourth-order valence-corrected chi connectivity index (χ4v) is 6.79. The summed E-state index contributed by atoms with van der Waals surface area (Å²) in [6.07, 6.45) is 19.4. The van der Waals surface area contributed by atoms with Crippen LogP contribution in [0.4, 0.5) is 0 Å². The van der Waals surface area contributed by atoms with E-state index in [1.165, 1.54) is 73.6 Å². The van der Waals surface area contributed by atoms with Gasteiger partial charge in [0.15, 0.2) is 0 Å². The van der Waals surface area contributed by atoms with Crippen molar-refractivity contribution in [2.24, 2.45) is 0 Å². The molecule has 0 fully saturated rings. The lowest BCUT2D eigenvalue weighted by atomic mass is 10.1. The van der Waals surface area contributed by atoms with E-state index in [0.717, 1.165) is 51.9 Å². The van der Waals surface area contributed by atoms with Crippen LogP contribution in [0, 0.1) is 0 Å². The summed E-state index contributed by atoms with van der Waals surface area (Å²) in [7, 11) is 0. The minimum absolute atomic E-state index is 0. The molecule has 0 aliphatic carbocycles. The lowest BCUT2D eigenvalue weighted by Gasteiger charge is -2.08. The highest BCUT2D eigenvalue weighted by molar-refractivity contribution is 5.27. The molecule has 44 heavy (non-hydrogen) atoms. The van der Waals surface area contributed by atoms with E-state index >= 15 is 0 Å². The van der Waals surface area contributed by atoms with Gasteiger partial charge in [0, 0.05) is 25.7 Å². The van der Waals surface area contributed by atoms with Crippen LogP contribution in [0.5, 0.6) is 0 Å². The van der Waals surface area contributed by atoms with Crippen LogP contribution >= 0.6 is 0 Å². The largest absolute Gasteiger partial charge is 1.00 e. The molecule has 240 valence electrons. The molecule has 4 nitrogen and oxygen atoms in total. The van der Waals surface area contributed by atoms with Crippen LogP contribution < -0.4 is 33.9 Å². The first-order valence-corrected chi connectivity index (χ1v) is 17.0. The number of fused-ring (bicyclic) bond motifs is 8. The van der Waals surface area contributed by atoms with Gasteiger partial charge in [-0.2, -0.15) is 0 Å². The Morgan fingerprint density at radius 2 is 0.886 bits per heavy atom. The first kappa shape index (κ1) is 35.9. The molecule has 0 N–H and O–H groups in total. The van der Waals surface area contributed by atoms with Gasteiger partial charge >= 0.3 is 0 Å². The molecular formula is C38H54Cl2N4. The SMILES string of the molecule is CCCCc1c(CCCC)[n+]2cn1Cc1cccc(c1)Cn1c[n+](c(CCCC)c1CCCC)Cc1cccc(c1)C2.[Cl-].[Cl-]. The summed E-state index contributed by atoms with van der Waals surface area (Å²) in [6, 6.07) is 18.8. The highest BCUT2D eigenvalue weighted by atomic mass is 35.5. The number of benzene rings is 2. The second-order valence-corrected chi connectivity index (χ2v) is 12.6. The van der Waals surface area contributed by atoms with Gasteiger partial charge in [-0.15, -0.1) is 0 Å². The van der Waals surface area contributed by atoms with Crippen molar-refractivity contribution in [3.8, 4) is 0 Å². The average Bonchev–Trinajstić information content (AvgIpc) is 3.47. The molecule has 2 aromatic heterocycles. The Kier molecular flexibility index (Phi) is 14.5. The zero-order valence-corrected chi connectivity index (χ0v) is 29.1. The topological polar surface area (TPSA) is 17.6 Å². The Labute approximate surface area is 279 Å². The molecule has 5 rings (SSSR count). The van der Waals surface area contributed by atoms with E-state index in [0.29, 0.717) is 0 Å². The number of imidazole rings is 2. The lowest BCUT2D eigenvalue weighted by Crippen LogP contribution is -3.00. The summed E-state index contributed by atoms with van der Waals surface area (Å²) < 4.78 is 10.3. The van der Waals surface area contributed by atoms with Gasteiger partial charge in [-0.1, -0.05) is 89.8 Å². The second-order valence-electron chi connectivity index (χ2n) is 12.6. The highest BCUT2D eigenvalue weighted by Crippen LogP contribution is 2.20. The standard InChI is InChI=1S/C38H54N4.2ClH/c1-5-9-19-35-36(20-10-6-2)40-26-32-16-14-18-34(24-32)28-42-30-41(37(21-11-7-3)38(42)22-12-8-4)27-33-17-13-15-31(23-33)25-39(35)29-40;;/h13-18,23-24,29-30H,5-12,19-22,25-28H2,1-4H3;2*1H/q+2;;/p-2. The van der Waals surface area contributed by atoms with E-state index in [-0.39, 0.29) is 24.8 Å². The normalized spacial score (nSPS) is 12.5. The summed E-state index contributed by atoms with van der Waals surface area (Å²) in [4.78, 5) is 0. The Hall–Kier alpha value is -2.56. The fraction of sp³-hybridized carbons (Fsp3) is 0.526. The van der Waals surface area contributed by atoms with E-state index in [2.05, 4.69) is 107 Å². The van der Waals surface area contributed by atoms with Gasteiger partial charge in [0.25, 0.3) is 0 Å². The first-order chi connectivity index (χ1) is 20.6. The summed E-state index contributed by atoms with van der Waals surface area (Å²) in [6.45, 7) is 13.0. The van der Waals surface area contributed by atoms with E-state index in [1.807, 2.05) is 0 Å². The lowest BCUT2D eigenvalue weighted by molar-refractivity contribution is -0.696. The number of hydrogen-bond donors (Lipinski definition) is 0. The van der Waals surface area contributed by atoms with Gasteiger partial charge in [0.05, 0.1) is 0 Å². The third-order valence-corrected chi connectivity index (χ3v) is 9.07. The van der Waals surface area contributed by atoms with Gasteiger partial charge in [-0.25, -0.2) is 18.3 Å². The van der Waals surface area contributed by atoms with Gasteiger partial charge in [0.1, 0.15) is 49.0 Å². The van der Waals surface area contributed by atoms with E-state index in [1.54, 1.807) is 22.8 Å². The number of unbranched alkanes of at least 4 members (excludes halogenated alkanes) is 4. The molecule has 4 aromatic rings. The Balaban J connectivity index is 0.00000264. The van der Waals surface area contributed by atoms with Crippen molar-refractivity contribution in [2.45, 2.75) is 131 Å². The van der Waals surface area contributed by atoms with Gasteiger partial charge < -0.3 is 24.8 Å². The molecule has 0 radical (unpaired) electrons. The van der Waals surface area contributed by atoms with Crippen LogP contribution in [0.15, 0.2) is 61.2 Å². The van der Waals surface area contributed by atoms with Crippen molar-refractivity contribution in [1.82, 2.24) is 9.13 Å². The predicted molar refractivity (Wildman–Crippen MR) is 173 cm³/mol. The third kappa shape index (κ3) is 8.79. The fourth-order valence-electron chi connectivity index (χ4n) is 6.79. The van der Waals surface area contributed by atoms with Crippen LogP contribution in [0.3, 0.4) is 0 Å². The summed E-state index contributed by atoms with van der Waals surface area (Å²) in [5, 5.41) is 0. The summed E-state index contributed by atoms with van der Waals surface area (Å²) in [5.74, 6) is 0. The molecule has 0 saturated heterocycles. The molecule has 1 aliphatic heterocycles. The summed E-state index contributed by atoms with van der Waals surface area (Å²) in [5.41, 5.74) is 11.8. The molecule has 0 saturated carbocycles. The maximum Gasteiger partial charge on any atom is 0.244 e. The number of aromatic nitrogens is 4. The van der Waals surface area contributed by atoms with Crippen LogP contribution in [0.1, 0.15) is 124 Å². The van der Waals surface area contributed by atoms with E-state index in [4.69, 9.17) is 0 Å². The zero-order chi connectivity index (χ0) is 29.3. The predicted octanol–water partition coefficient (Wildman–Crippen LogP) is 1.75. The number of rotatable bonds is 12. The molecule has 0 spiro atoms. The molecule has 1 aliphatic rings. The molecular weight excluding hydrogens is 583 g/mol. The van der Waals surface area contributed by atoms with Crippen LogP contribution in [-0.2, 0) is 51.9 Å².